The Bertz CT molecular complexity index is 989. The molecule has 2 aromatic carbocycles. The predicted molar refractivity (Wildman–Crippen MR) is 116 cm³/mol. The number of anilines is 1. The first kappa shape index (κ1) is 22.1. The number of ether oxygens (including phenoxy) is 2. The highest BCUT2D eigenvalue weighted by Crippen LogP contribution is 2.28. The summed E-state index contributed by atoms with van der Waals surface area (Å²) in [6.45, 7) is 2.57. The molecule has 8 heteroatoms. The Labute approximate surface area is 178 Å². The molecule has 0 aromatic heterocycles. The highest BCUT2D eigenvalue weighted by Gasteiger charge is 2.32. The lowest BCUT2D eigenvalue weighted by molar-refractivity contribution is 0.102. The number of methoxy groups -OCH3 is 2. The molecule has 1 N–H and O–H groups in total. The molecule has 1 unspecified atom stereocenters. The standard InChI is InChI=1S/C22H28N2O5S/c1-4-17-7-5-6-14-24(17)30(26,27)19-11-8-16(9-12-19)23-22(25)20-13-10-18(28-2)15-21(20)29-3/h8-13,15,17H,4-7,14H2,1-3H3,(H,23,25). The van der Waals surface area contributed by atoms with Gasteiger partial charge in [0.15, 0.2) is 0 Å². The van der Waals surface area contributed by atoms with E-state index < -0.39 is 10.0 Å². The fourth-order valence-electron chi connectivity index (χ4n) is 3.73. The van der Waals surface area contributed by atoms with E-state index in [0.717, 1.165) is 25.7 Å². The van der Waals surface area contributed by atoms with Gasteiger partial charge in [-0.3, -0.25) is 4.79 Å². The van der Waals surface area contributed by atoms with Crippen molar-refractivity contribution < 1.29 is 22.7 Å². The summed E-state index contributed by atoms with van der Waals surface area (Å²) >= 11 is 0. The number of hydrogen-bond donors (Lipinski definition) is 1. The van der Waals surface area contributed by atoms with Crippen LogP contribution in [0.4, 0.5) is 5.69 Å². The number of amides is 1. The fraction of sp³-hybridized carbons (Fsp3) is 0.409. The number of piperidine rings is 1. The lowest BCUT2D eigenvalue weighted by atomic mass is 10.0. The van der Waals surface area contributed by atoms with Crippen molar-refractivity contribution in [1.82, 2.24) is 4.31 Å². The molecule has 7 nitrogen and oxygen atoms in total. The van der Waals surface area contributed by atoms with Crippen LogP contribution in [0.15, 0.2) is 47.4 Å². The molecule has 30 heavy (non-hydrogen) atoms. The molecule has 1 aliphatic heterocycles. The average molecular weight is 433 g/mol. The summed E-state index contributed by atoms with van der Waals surface area (Å²) in [4.78, 5) is 12.9. The third-order valence-electron chi connectivity index (χ3n) is 5.42. The van der Waals surface area contributed by atoms with Crippen molar-refractivity contribution >= 4 is 21.6 Å². The Morgan fingerprint density at radius 1 is 1.10 bits per heavy atom. The Hall–Kier alpha value is -2.58. The van der Waals surface area contributed by atoms with Crippen molar-refractivity contribution in [3.05, 3.63) is 48.0 Å². The summed E-state index contributed by atoms with van der Waals surface area (Å²) < 4.78 is 38.2. The van der Waals surface area contributed by atoms with Gasteiger partial charge in [-0.2, -0.15) is 4.31 Å². The second-order valence-electron chi connectivity index (χ2n) is 7.22. The van der Waals surface area contributed by atoms with Crippen molar-refractivity contribution in [1.29, 1.82) is 0 Å². The maximum atomic E-state index is 13.1. The second kappa shape index (κ2) is 9.49. The highest BCUT2D eigenvalue weighted by molar-refractivity contribution is 7.89. The molecule has 1 atom stereocenters. The lowest BCUT2D eigenvalue weighted by Crippen LogP contribution is -2.43. The van der Waals surface area contributed by atoms with Crippen LogP contribution in [0.25, 0.3) is 0 Å². The SMILES string of the molecule is CCC1CCCCN1S(=O)(=O)c1ccc(NC(=O)c2ccc(OC)cc2OC)cc1. The van der Waals surface area contributed by atoms with Gasteiger partial charge in [0.05, 0.1) is 24.7 Å². The molecule has 162 valence electrons. The molecule has 0 bridgehead atoms. The molecule has 0 radical (unpaired) electrons. The van der Waals surface area contributed by atoms with Gasteiger partial charge in [0.1, 0.15) is 11.5 Å². The molecule has 1 saturated heterocycles. The van der Waals surface area contributed by atoms with Crippen LogP contribution in [0.2, 0.25) is 0 Å². The van der Waals surface area contributed by atoms with Crippen molar-refractivity contribution in [3.8, 4) is 11.5 Å². The Morgan fingerprint density at radius 2 is 1.83 bits per heavy atom. The zero-order valence-corrected chi connectivity index (χ0v) is 18.4. The Balaban J connectivity index is 1.77. The summed E-state index contributed by atoms with van der Waals surface area (Å²) in [6.07, 6.45) is 3.64. The minimum Gasteiger partial charge on any atom is -0.497 e. The number of benzene rings is 2. The van der Waals surface area contributed by atoms with Gasteiger partial charge in [0, 0.05) is 24.3 Å². The largest absolute Gasteiger partial charge is 0.497 e. The first-order valence-electron chi connectivity index (χ1n) is 10.1. The van der Waals surface area contributed by atoms with Crippen molar-refractivity contribution in [2.24, 2.45) is 0 Å². The van der Waals surface area contributed by atoms with E-state index in [9.17, 15) is 13.2 Å². The van der Waals surface area contributed by atoms with E-state index in [0.29, 0.717) is 29.3 Å². The second-order valence-corrected chi connectivity index (χ2v) is 9.11. The molecule has 1 aliphatic rings. The van der Waals surface area contributed by atoms with Crippen LogP contribution in [0, 0.1) is 0 Å². The third-order valence-corrected chi connectivity index (χ3v) is 7.38. The van der Waals surface area contributed by atoms with Gasteiger partial charge < -0.3 is 14.8 Å². The smallest absolute Gasteiger partial charge is 0.259 e. The Kier molecular flexibility index (Phi) is 6.99. The van der Waals surface area contributed by atoms with Crippen molar-refractivity contribution in [2.45, 2.75) is 43.5 Å². The van der Waals surface area contributed by atoms with E-state index >= 15 is 0 Å². The molecule has 2 aromatic rings. The highest BCUT2D eigenvalue weighted by atomic mass is 32.2. The number of rotatable bonds is 7. The van der Waals surface area contributed by atoms with Gasteiger partial charge in [0.2, 0.25) is 10.0 Å². The number of nitrogens with one attached hydrogen (secondary N) is 1. The monoisotopic (exact) mass is 432 g/mol. The summed E-state index contributed by atoms with van der Waals surface area (Å²) in [5.41, 5.74) is 0.858. The first-order chi connectivity index (χ1) is 14.4. The van der Waals surface area contributed by atoms with Gasteiger partial charge in [0.25, 0.3) is 5.91 Å². The van der Waals surface area contributed by atoms with Gasteiger partial charge in [-0.15, -0.1) is 0 Å². The molecule has 1 fully saturated rings. The lowest BCUT2D eigenvalue weighted by Gasteiger charge is -2.34. The molecule has 3 rings (SSSR count). The number of carbonyl (C=O) groups is 1. The maximum absolute atomic E-state index is 13.1. The molecule has 0 saturated carbocycles. The zero-order valence-electron chi connectivity index (χ0n) is 17.6. The van der Waals surface area contributed by atoms with Crippen LogP contribution in [0.5, 0.6) is 11.5 Å². The van der Waals surface area contributed by atoms with E-state index in [2.05, 4.69) is 5.32 Å². The minimum atomic E-state index is -3.55. The summed E-state index contributed by atoms with van der Waals surface area (Å²) in [7, 11) is -0.532. The summed E-state index contributed by atoms with van der Waals surface area (Å²) in [6, 6.07) is 11.3. The van der Waals surface area contributed by atoms with E-state index in [4.69, 9.17) is 9.47 Å². The first-order valence-corrected chi connectivity index (χ1v) is 11.5. The zero-order chi connectivity index (χ0) is 21.7. The van der Waals surface area contributed by atoms with Crippen LogP contribution >= 0.6 is 0 Å². The normalized spacial score (nSPS) is 17.4. The van der Waals surface area contributed by atoms with Crippen LogP contribution in [-0.4, -0.2) is 45.4 Å². The van der Waals surface area contributed by atoms with Crippen LogP contribution < -0.4 is 14.8 Å². The van der Waals surface area contributed by atoms with Crippen LogP contribution in [-0.2, 0) is 10.0 Å². The van der Waals surface area contributed by atoms with Crippen molar-refractivity contribution in [2.75, 3.05) is 26.1 Å². The van der Waals surface area contributed by atoms with Crippen molar-refractivity contribution in [3.63, 3.8) is 0 Å². The van der Waals surface area contributed by atoms with E-state index in [-0.39, 0.29) is 16.8 Å². The molecule has 1 heterocycles. The average Bonchev–Trinajstić information content (AvgIpc) is 2.78. The van der Waals surface area contributed by atoms with Gasteiger partial charge in [-0.05, 0) is 55.7 Å². The molecular formula is C22H28N2O5S. The van der Waals surface area contributed by atoms with E-state index in [1.165, 1.54) is 26.4 Å². The number of nitrogens with zero attached hydrogens (tertiary/aromatic N) is 1. The van der Waals surface area contributed by atoms with E-state index in [1.807, 2.05) is 6.92 Å². The van der Waals surface area contributed by atoms with Gasteiger partial charge >= 0.3 is 0 Å². The number of carbonyl (C=O) groups excluding carboxylic acids is 1. The molecular weight excluding hydrogens is 404 g/mol. The summed E-state index contributed by atoms with van der Waals surface area (Å²) in [5.74, 6) is 0.620. The quantitative estimate of drug-likeness (QED) is 0.717. The minimum absolute atomic E-state index is 0.0469. The van der Waals surface area contributed by atoms with Gasteiger partial charge in [-0.1, -0.05) is 13.3 Å². The maximum Gasteiger partial charge on any atom is 0.259 e. The number of hydrogen-bond acceptors (Lipinski definition) is 5. The molecule has 1 amide bonds. The van der Waals surface area contributed by atoms with E-state index in [1.54, 1.807) is 34.6 Å². The Morgan fingerprint density at radius 3 is 2.47 bits per heavy atom. The van der Waals surface area contributed by atoms with Crippen LogP contribution in [0.3, 0.4) is 0 Å². The number of sulfonamides is 1. The predicted octanol–water partition coefficient (Wildman–Crippen LogP) is 3.91. The summed E-state index contributed by atoms with van der Waals surface area (Å²) in [5, 5.41) is 2.78. The fourth-order valence-corrected chi connectivity index (χ4v) is 5.50. The van der Waals surface area contributed by atoms with Crippen LogP contribution in [0.1, 0.15) is 43.0 Å². The topological polar surface area (TPSA) is 84.9 Å². The third kappa shape index (κ3) is 4.60. The molecule has 0 spiro atoms. The van der Waals surface area contributed by atoms with Gasteiger partial charge in [-0.25, -0.2) is 8.42 Å². The molecule has 0 aliphatic carbocycles.